The van der Waals surface area contributed by atoms with Crippen LogP contribution in [0.25, 0.3) is 0 Å². The number of benzene rings is 1. The number of aliphatic hydroxyl groups excluding tert-OH is 1. The highest BCUT2D eigenvalue weighted by molar-refractivity contribution is 6.31. The Labute approximate surface area is 88.5 Å². The van der Waals surface area contributed by atoms with Crippen molar-refractivity contribution in [2.45, 2.75) is 32.5 Å². The van der Waals surface area contributed by atoms with Crippen molar-refractivity contribution in [1.82, 2.24) is 0 Å². The zero-order chi connectivity index (χ0) is 10.3. The van der Waals surface area contributed by atoms with Gasteiger partial charge in [-0.2, -0.15) is 0 Å². The van der Waals surface area contributed by atoms with Gasteiger partial charge in [0.25, 0.3) is 0 Å². The largest absolute Gasteiger partial charge is 0.487 e. The molecule has 0 saturated heterocycles. The standard InChI is InChI=1S/C11H13ClO2/c1-11(2)5-7-8(6-13)9(12)3-4-10(7)14-11/h3-4,13H,5-6H2,1-2H3. The zero-order valence-electron chi connectivity index (χ0n) is 8.30. The molecule has 1 N–H and O–H groups in total. The minimum Gasteiger partial charge on any atom is -0.487 e. The molecule has 0 aromatic heterocycles. The van der Waals surface area contributed by atoms with Gasteiger partial charge in [-0.05, 0) is 26.0 Å². The molecule has 0 fully saturated rings. The summed E-state index contributed by atoms with van der Waals surface area (Å²) in [5.74, 6) is 0.850. The van der Waals surface area contributed by atoms with Gasteiger partial charge in [0, 0.05) is 22.6 Å². The van der Waals surface area contributed by atoms with Crippen LogP contribution in [0.4, 0.5) is 0 Å². The van der Waals surface area contributed by atoms with Gasteiger partial charge in [-0.3, -0.25) is 0 Å². The van der Waals surface area contributed by atoms with Crippen LogP contribution in [0.3, 0.4) is 0 Å². The summed E-state index contributed by atoms with van der Waals surface area (Å²) in [6, 6.07) is 3.64. The van der Waals surface area contributed by atoms with E-state index in [1.54, 1.807) is 6.07 Å². The van der Waals surface area contributed by atoms with E-state index >= 15 is 0 Å². The van der Waals surface area contributed by atoms with Crippen molar-refractivity contribution in [3.8, 4) is 5.75 Å². The normalized spacial score (nSPS) is 17.7. The molecule has 2 rings (SSSR count). The summed E-state index contributed by atoms with van der Waals surface area (Å²) in [5.41, 5.74) is 1.66. The summed E-state index contributed by atoms with van der Waals surface area (Å²) >= 11 is 5.99. The van der Waals surface area contributed by atoms with Crippen molar-refractivity contribution in [2.75, 3.05) is 0 Å². The van der Waals surface area contributed by atoms with Gasteiger partial charge in [-0.1, -0.05) is 11.6 Å². The van der Waals surface area contributed by atoms with E-state index in [1.165, 1.54) is 0 Å². The molecule has 0 saturated carbocycles. The minimum absolute atomic E-state index is 0.0263. The van der Waals surface area contributed by atoms with Gasteiger partial charge in [-0.15, -0.1) is 0 Å². The lowest BCUT2D eigenvalue weighted by Crippen LogP contribution is -2.24. The van der Waals surface area contributed by atoms with Gasteiger partial charge >= 0.3 is 0 Å². The first-order valence-corrected chi connectivity index (χ1v) is 5.01. The number of rotatable bonds is 1. The number of fused-ring (bicyclic) bond motifs is 1. The molecular weight excluding hydrogens is 200 g/mol. The number of hydrogen-bond donors (Lipinski definition) is 1. The number of halogens is 1. The van der Waals surface area contributed by atoms with Gasteiger partial charge in [0.05, 0.1) is 6.61 Å². The third-order valence-corrected chi connectivity index (χ3v) is 2.83. The molecule has 1 aromatic rings. The maximum Gasteiger partial charge on any atom is 0.123 e. The van der Waals surface area contributed by atoms with E-state index in [-0.39, 0.29) is 12.2 Å². The van der Waals surface area contributed by atoms with Gasteiger partial charge in [0.2, 0.25) is 0 Å². The average molecular weight is 213 g/mol. The van der Waals surface area contributed by atoms with Crippen molar-refractivity contribution in [1.29, 1.82) is 0 Å². The van der Waals surface area contributed by atoms with Gasteiger partial charge in [0.15, 0.2) is 0 Å². The number of hydrogen-bond acceptors (Lipinski definition) is 2. The van der Waals surface area contributed by atoms with Gasteiger partial charge < -0.3 is 9.84 Å². The molecule has 0 radical (unpaired) electrons. The number of aliphatic hydroxyl groups is 1. The summed E-state index contributed by atoms with van der Waals surface area (Å²) < 4.78 is 5.72. The van der Waals surface area contributed by atoms with E-state index in [0.29, 0.717) is 5.02 Å². The monoisotopic (exact) mass is 212 g/mol. The number of ether oxygens (including phenoxy) is 1. The Morgan fingerprint density at radius 3 is 2.86 bits per heavy atom. The molecule has 14 heavy (non-hydrogen) atoms. The summed E-state index contributed by atoms with van der Waals surface area (Å²) in [5, 5.41) is 9.83. The second-order valence-corrected chi connectivity index (χ2v) is 4.61. The highest BCUT2D eigenvalue weighted by Crippen LogP contribution is 2.39. The molecule has 0 spiro atoms. The summed E-state index contributed by atoms with van der Waals surface area (Å²) in [7, 11) is 0. The Morgan fingerprint density at radius 2 is 2.21 bits per heavy atom. The highest BCUT2D eigenvalue weighted by Gasteiger charge is 2.32. The van der Waals surface area contributed by atoms with E-state index in [0.717, 1.165) is 23.3 Å². The molecule has 0 atom stereocenters. The Hall–Kier alpha value is -0.730. The van der Waals surface area contributed by atoms with E-state index in [9.17, 15) is 5.11 Å². The Kier molecular flexibility index (Phi) is 2.20. The molecule has 0 bridgehead atoms. The van der Waals surface area contributed by atoms with Crippen LogP contribution in [0.1, 0.15) is 25.0 Å². The SMILES string of the molecule is CC1(C)Cc2c(ccc(Cl)c2CO)O1. The predicted octanol–water partition coefficient (Wildman–Crippen LogP) is 2.55. The van der Waals surface area contributed by atoms with Crippen molar-refractivity contribution in [2.24, 2.45) is 0 Å². The second-order valence-electron chi connectivity index (χ2n) is 4.20. The van der Waals surface area contributed by atoms with E-state index < -0.39 is 0 Å². The lowest BCUT2D eigenvalue weighted by Gasteiger charge is -2.16. The Bertz CT molecular complexity index is 372. The van der Waals surface area contributed by atoms with Gasteiger partial charge in [-0.25, -0.2) is 0 Å². The van der Waals surface area contributed by atoms with Crippen LogP contribution in [-0.4, -0.2) is 10.7 Å². The molecule has 1 aliphatic heterocycles. The van der Waals surface area contributed by atoms with E-state index in [1.807, 2.05) is 19.9 Å². The fraction of sp³-hybridized carbons (Fsp3) is 0.455. The van der Waals surface area contributed by atoms with Crippen molar-refractivity contribution in [3.63, 3.8) is 0 Å². The van der Waals surface area contributed by atoms with Crippen LogP contribution in [0.5, 0.6) is 5.75 Å². The average Bonchev–Trinajstić information content (AvgIpc) is 2.39. The van der Waals surface area contributed by atoms with Gasteiger partial charge in [0.1, 0.15) is 11.4 Å². The van der Waals surface area contributed by atoms with E-state index in [4.69, 9.17) is 16.3 Å². The first-order chi connectivity index (χ1) is 6.53. The van der Waals surface area contributed by atoms with Crippen LogP contribution >= 0.6 is 11.6 Å². The quantitative estimate of drug-likeness (QED) is 0.775. The minimum atomic E-state index is -0.184. The van der Waals surface area contributed by atoms with Crippen molar-refractivity contribution >= 4 is 11.6 Å². The topological polar surface area (TPSA) is 29.5 Å². The Balaban J connectivity index is 2.52. The first kappa shape index (κ1) is 9.81. The molecule has 0 aliphatic carbocycles. The summed E-state index contributed by atoms with van der Waals surface area (Å²) in [4.78, 5) is 0. The lowest BCUT2D eigenvalue weighted by molar-refractivity contribution is 0.138. The zero-order valence-corrected chi connectivity index (χ0v) is 9.06. The molecule has 0 amide bonds. The molecule has 3 heteroatoms. The third-order valence-electron chi connectivity index (χ3n) is 2.48. The van der Waals surface area contributed by atoms with Crippen molar-refractivity contribution in [3.05, 3.63) is 28.3 Å². The van der Waals surface area contributed by atoms with Crippen molar-refractivity contribution < 1.29 is 9.84 Å². The predicted molar refractivity (Wildman–Crippen MR) is 55.8 cm³/mol. The fourth-order valence-corrected chi connectivity index (χ4v) is 2.10. The molecule has 1 heterocycles. The lowest BCUT2D eigenvalue weighted by atomic mass is 9.98. The summed E-state index contributed by atoms with van der Waals surface area (Å²) in [6.45, 7) is 4.03. The van der Waals surface area contributed by atoms with Crippen LogP contribution in [0.2, 0.25) is 5.02 Å². The smallest absolute Gasteiger partial charge is 0.123 e. The fourth-order valence-electron chi connectivity index (χ4n) is 1.86. The molecule has 1 aliphatic rings. The second kappa shape index (κ2) is 3.14. The van der Waals surface area contributed by atoms with Crippen LogP contribution in [0, 0.1) is 0 Å². The Morgan fingerprint density at radius 1 is 1.50 bits per heavy atom. The molecule has 0 unspecified atom stereocenters. The first-order valence-electron chi connectivity index (χ1n) is 4.63. The van der Waals surface area contributed by atoms with Crippen LogP contribution in [-0.2, 0) is 13.0 Å². The van der Waals surface area contributed by atoms with E-state index in [2.05, 4.69) is 0 Å². The maximum atomic E-state index is 9.21. The molecule has 2 nitrogen and oxygen atoms in total. The highest BCUT2D eigenvalue weighted by atomic mass is 35.5. The van der Waals surface area contributed by atoms with Crippen LogP contribution in [0.15, 0.2) is 12.1 Å². The molecular formula is C11H13ClO2. The maximum absolute atomic E-state index is 9.21. The van der Waals surface area contributed by atoms with Crippen LogP contribution < -0.4 is 4.74 Å². The molecule has 76 valence electrons. The summed E-state index contributed by atoms with van der Waals surface area (Å²) in [6.07, 6.45) is 0.804. The molecule has 1 aromatic carbocycles. The third kappa shape index (κ3) is 1.49.